The third-order valence-electron chi connectivity index (χ3n) is 6.10. The molecule has 0 aliphatic carbocycles. The topological polar surface area (TPSA) is 88.8 Å². The first kappa shape index (κ1) is 22.6. The largest absolute Gasteiger partial charge is 0.462 e. The number of ether oxygens (including phenoxy) is 1. The lowest BCUT2D eigenvalue weighted by Gasteiger charge is -2.26. The Morgan fingerprint density at radius 2 is 1.69 bits per heavy atom. The van der Waals surface area contributed by atoms with Gasteiger partial charge in [0.25, 0.3) is 5.91 Å². The maximum absolute atomic E-state index is 12.8. The molecule has 0 spiro atoms. The van der Waals surface area contributed by atoms with Crippen molar-refractivity contribution < 1.29 is 14.3 Å². The van der Waals surface area contributed by atoms with E-state index in [4.69, 9.17) is 9.72 Å². The van der Waals surface area contributed by atoms with Gasteiger partial charge >= 0.3 is 5.97 Å². The van der Waals surface area contributed by atoms with Crippen LogP contribution >= 0.6 is 0 Å². The predicted molar refractivity (Wildman–Crippen MR) is 134 cm³/mol. The van der Waals surface area contributed by atoms with Gasteiger partial charge < -0.3 is 19.4 Å². The van der Waals surface area contributed by atoms with Crippen molar-refractivity contribution in [1.82, 2.24) is 19.3 Å². The second kappa shape index (κ2) is 9.97. The quantitative estimate of drug-likeness (QED) is 0.402. The minimum atomic E-state index is -0.350. The van der Waals surface area contributed by atoms with E-state index in [0.29, 0.717) is 29.2 Å². The average Bonchev–Trinajstić information content (AvgIpc) is 3.39. The Kier molecular flexibility index (Phi) is 6.43. The fourth-order valence-corrected chi connectivity index (χ4v) is 4.26. The van der Waals surface area contributed by atoms with Gasteiger partial charge in [0.15, 0.2) is 11.5 Å². The molecule has 5 rings (SSSR count). The number of hydrogen-bond donors (Lipinski definition) is 1. The lowest BCUT2D eigenvalue weighted by atomic mass is 10.1. The van der Waals surface area contributed by atoms with Crippen LogP contribution in [0.2, 0.25) is 0 Å². The first-order chi connectivity index (χ1) is 17.1. The van der Waals surface area contributed by atoms with Gasteiger partial charge in [-0.05, 0) is 62.6 Å². The van der Waals surface area contributed by atoms with Crippen molar-refractivity contribution in [2.45, 2.75) is 26.2 Å². The molecule has 3 heterocycles. The lowest BCUT2D eigenvalue weighted by molar-refractivity contribution is 0.0526. The molecule has 1 saturated heterocycles. The van der Waals surface area contributed by atoms with E-state index in [1.165, 1.54) is 6.42 Å². The van der Waals surface area contributed by atoms with E-state index in [-0.39, 0.29) is 11.9 Å². The van der Waals surface area contributed by atoms with Gasteiger partial charge in [0.2, 0.25) is 0 Å². The molecule has 2 aromatic heterocycles. The van der Waals surface area contributed by atoms with Crippen molar-refractivity contribution in [3.8, 4) is 11.3 Å². The number of hydrogen-bond acceptors (Lipinski definition) is 6. The van der Waals surface area contributed by atoms with Gasteiger partial charge in [-0.1, -0.05) is 12.1 Å². The van der Waals surface area contributed by atoms with Gasteiger partial charge in [-0.15, -0.1) is 0 Å². The molecule has 0 saturated carbocycles. The molecule has 0 radical (unpaired) electrons. The Hall–Kier alpha value is -4.20. The molecule has 2 aromatic carbocycles. The number of aromatic nitrogens is 3. The number of carbonyl (C=O) groups excluding carboxylic acids is 2. The molecular weight excluding hydrogens is 442 g/mol. The number of nitrogens with zero attached hydrogens (tertiary/aromatic N) is 4. The number of rotatable bonds is 6. The standard InChI is InChI=1S/C27H27N5O3/c1-2-35-27(34)21-10-12-22(13-11-21)29-24-25-28-14-17-32(25)18-23(30-24)19-6-8-20(9-7-19)26(33)31-15-4-3-5-16-31/h6-14,17-18H,2-5,15-16H2,1H3,(H,29,30). The molecule has 0 atom stereocenters. The third-order valence-corrected chi connectivity index (χ3v) is 6.10. The molecular formula is C27H27N5O3. The number of anilines is 2. The van der Waals surface area contributed by atoms with Crippen LogP contribution in [0.15, 0.2) is 67.1 Å². The van der Waals surface area contributed by atoms with Crippen LogP contribution in [0, 0.1) is 0 Å². The van der Waals surface area contributed by atoms with Gasteiger partial charge in [0.1, 0.15) is 0 Å². The van der Waals surface area contributed by atoms with Crippen LogP contribution in [0.25, 0.3) is 16.9 Å². The summed E-state index contributed by atoms with van der Waals surface area (Å²) in [6.45, 7) is 3.77. The number of fused-ring (bicyclic) bond motifs is 1. The highest BCUT2D eigenvalue weighted by Gasteiger charge is 2.18. The summed E-state index contributed by atoms with van der Waals surface area (Å²) in [5.74, 6) is 0.324. The lowest BCUT2D eigenvalue weighted by Crippen LogP contribution is -2.35. The van der Waals surface area contributed by atoms with Crippen LogP contribution in [0.3, 0.4) is 0 Å². The molecule has 1 aliphatic rings. The van der Waals surface area contributed by atoms with Gasteiger partial charge in [-0.2, -0.15) is 0 Å². The minimum absolute atomic E-state index is 0.0860. The number of esters is 1. The van der Waals surface area contributed by atoms with Crippen molar-refractivity contribution in [3.05, 3.63) is 78.2 Å². The summed E-state index contributed by atoms with van der Waals surface area (Å²) in [6.07, 6.45) is 8.83. The highest BCUT2D eigenvalue weighted by Crippen LogP contribution is 2.25. The Labute approximate surface area is 203 Å². The monoisotopic (exact) mass is 469 g/mol. The van der Waals surface area contributed by atoms with Crippen LogP contribution in [0.1, 0.15) is 46.9 Å². The first-order valence-corrected chi connectivity index (χ1v) is 11.9. The van der Waals surface area contributed by atoms with E-state index in [2.05, 4.69) is 10.3 Å². The van der Waals surface area contributed by atoms with Crippen LogP contribution in [-0.2, 0) is 4.74 Å². The molecule has 8 nitrogen and oxygen atoms in total. The maximum atomic E-state index is 12.8. The van der Waals surface area contributed by atoms with E-state index >= 15 is 0 Å². The maximum Gasteiger partial charge on any atom is 0.338 e. The van der Waals surface area contributed by atoms with Crippen molar-refractivity contribution >= 4 is 29.0 Å². The van der Waals surface area contributed by atoms with Gasteiger partial charge in [-0.25, -0.2) is 14.8 Å². The Balaban J connectivity index is 1.39. The minimum Gasteiger partial charge on any atom is -0.462 e. The molecule has 1 amide bonds. The number of imidazole rings is 1. The van der Waals surface area contributed by atoms with Gasteiger partial charge in [-0.3, -0.25) is 4.79 Å². The van der Waals surface area contributed by atoms with E-state index < -0.39 is 0 Å². The zero-order valence-electron chi connectivity index (χ0n) is 19.6. The summed E-state index contributed by atoms with van der Waals surface area (Å²) in [6, 6.07) is 14.6. The summed E-state index contributed by atoms with van der Waals surface area (Å²) in [4.78, 5) is 35.9. The fourth-order valence-electron chi connectivity index (χ4n) is 4.26. The Bertz CT molecular complexity index is 1340. The van der Waals surface area contributed by atoms with Crippen molar-refractivity contribution in [2.24, 2.45) is 0 Å². The molecule has 178 valence electrons. The summed E-state index contributed by atoms with van der Waals surface area (Å²) >= 11 is 0. The van der Waals surface area contributed by atoms with E-state index in [1.54, 1.807) is 37.4 Å². The second-order valence-corrected chi connectivity index (χ2v) is 8.49. The average molecular weight is 470 g/mol. The van der Waals surface area contributed by atoms with Crippen LogP contribution in [-0.4, -0.2) is 50.8 Å². The van der Waals surface area contributed by atoms with Gasteiger partial charge in [0, 0.05) is 48.5 Å². The van der Waals surface area contributed by atoms with Crippen LogP contribution in [0.5, 0.6) is 0 Å². The number of likely N-dealkylation sites (tertiary alicyclic amines) is 1. The second-order valence-electron chi connectivity index (χ2n) is 8.49. The van der Waals surface area contributed by atoms with E-state index in [1.807, 2.05) is 46.0 Å². The first-order valence-electron chi connectivity index (χ1n) is 11.9. The third kappa shape index (κ3) is 4.87. The molecule has 1 fully saturated rings. The Morgan fingerprint density at radius 3 is 2.40 bits per heavy atom. The van der Waals surface area contributed by atoms with Crippen LogP contribution in [0.4, 0.5) is 11.5 Å². The SMILES string of the molecule is CCOC(=O)c1ccc(Nc2nc(-c3ccc(C(=O)N4CCCCC4)cc3)cn3ccnc23)cc1. The smallest absolute Gasteiger partial charge is 0.338 e. The number of benzene rings is 2. The molecule has 35 heavy (non-hydrogen) atoms. The van der Waals surface area contributed by atoms with Crippen molar-refractivity contribution in [2.75, 3.05) is 25.0 Å². The Morgan fingerprint density at radius 1 is 0.971 bits per heavy atom. The molecule has 1 N–H and O–H groups in total. The summed E-state index contributed by atoms with van der Waals surface area (Å²) in [5, 5.41) is 3.31. The number of carbonyl (C=O) groups is 2. The predicted octanol–water partition coefficient (Wildman–Crippen LogP) is 4.94. The molecule has 0 bridgehead atoms. The molecule has 8 heteroatoms. The molecule has 0 unspecified atom stereocenters. The normalized spacial score (nSPS) is 13.6. The number of amides is 1. The number of nitrogens with one attached hydrogen (secondary N) is 1. The molecule has 4 aromatic rings. The van der Waals surface area contributed by atoms with Crippen LogP contribution < -0.4 is 5.32 Å². The summed E-state index contributed by atoms with van der Waals surface area (Å²) in [5.41, 5.74) is 4.29. The molecule has 1 aliphatic heterocycles. The highest BCUT2D eigenvalue weighted by atomic mass is 16.5. The van der Waals surface area contributed by atoms with E-state index in [0.717, 1.165) is 42.9 Å². The highest BCUT2D eigenvalue weighted by molar-refractivity contribution is 5.94. The zero-order valence-corrected chi connectivity index (χ0v) is 19.6. The van der Waals surface area contributed by atoms with Gasteiger partial charge in [0.05, 0.1) is 17.9 Å². The summed E-state index contributed by atoms with van der Waals surface area (Å²) < 4.78 is 6.95. The van der Waals surface area contributed by atoms with Crippen molar-refractivity contribution in [3.63, 3.8) is 0 Å². The van der Waals surface area contributed by atoms with Crippen molar-refractivity contribution in [1.29, 1.82) is 0 Å². The zero-order chi connectivity index (χ0) is 24.2. The number of piperidine rings is 1. The fraction of sp³-hybridized carbons (Fsp3) is 0.259. The summed E-state index contributed by atoms with van der Waals surface area (Å²) in [7, 11) is 0. The van der Waals surface area contributed by atoms with E-state index in [9.17, 15) is 9.59 Å².